The number of hydrogen-bond acceptors (Lipinski definition) is 2. The lowest BCUT2D eigenvalue weighted by molar-refractivity contribution is 0.170. The van der Waals surface area contributed by atoms with Gasteiger partial charge in [-0.3, -0.25) is 4.90 Å². The summed E-state index contributed by atoms with van der Waals surface area (Å²) in [5, 5.41) is 3.63. The topological polar surface area (TPSA) is 15.3 Å². The van der Waals surface area contributed by atoms with Crippen molar-refractivity contribution in [1.82, 2.24) is 10.2 Å². The molecule has 0 aliphatic heterocycles. The maximum Gasteiger partial charge on any atom is 0.106 e. The van der Waals surface area contributed by atoms with Gasteiger partial charge in [0, 0.05) is 16.2 Å². The first-order valence-electron chi connectivity index (χ1n) is 9.09. The molecule has 0 aliphatic carbocycles. The number of nitrogens with zero attached hydrogens (tertiary/aromatic N) is 1. The van der Waals surface area contributed by atoms with Crippen molar-refractivity contribution in [2.24, 2.45) is 0 Å². The second kappa shape index (κ2) is 9.03. The molecule has 0 aliphatic rings. The van der Waals surface area contributed by atoms with E-state index in [2.05, 4.69) is 107 Å². The van der Waals surface area contributed by atoms with Crippen molar-refractivity contribution in [2.45, 2.75) is 19.1 Å². The van der Waals surface area contributed by atoms with Crippen molar-refractivity contribution in [3.05, 3.63) is 113 Å². The van der Waals surface area contributed by atoms with Crippen molar-refractivity contribution < 1.29 is 0 Å². The molecule has 3 aromatic carbocycles. The van der Waals surface area contributed by atoms with Crippen molar-refractivity contribution in [2.75, 3.05) is 7.05 Å². The third-order valence-electron chi connectivity index (χ3n) is 4.92. The van der Waals surface area contributed by atoms with Crippen LogP contribution in [0.15, 0.2) is 96.0 Å². The van der Waals surface area contributed by atoms with E-state index in [1.165, 1.54) is 11.1 Å². The molecular formula is C24H25BrN2. The molecule has 27 heavy (non-hydrogen) atoms. The second-order valence-electron chi connectivity index (χ2n) is 6.70. The number of rotatable bonds is 7. The van der Waals surface area contributed by atoms with Crippen LogP contribution in [-0.2, 0) is 0 Å². The standard InChI is InChI=1S/C24H25BrN2/c1-18(20-10-6-4-7-11-20)26-24(22-12-8-5-9-13-22)27(3)19(2)21-14-16-23(25)17-15-21/h4-17,19,24,26H,1H2,2-3H3. The van der Waals surface area contributed by atoms with Crippen LogP contribution in [0.4, 0.5) is 0 Å². The highest BCUT2D eigenvalue weighted by Crippen LogP contribution is 2.29. The summed E-state index contributed by atoms with van der Waals surface area (Å²) in [5.41, 5.74) is 4.50. The normalized spacial score (nSPS) is 13.2. The molecule has 3 aromatic rings. The number of nitrogens with one attached hydrogen (secondary N) is 1. The molecule has 1 N–H and O–H groups in total. The Morgan fingerprint density at radius 3 is 2.00 bits per heavy atom. The maximum atomic E-state index is 4.27. The summed E-state index contributed by atoms with van der Waals surface area (Å²) >= 11 is 3.52. The highest BCUT2D eigenvalue weighted by Gasteiger charge is 2.23. The lowest BCUT2D eigenvalue weighted by atomic mass is 10.0. The summed E-state index contributed by atoms with van der Waals surface area (Å²) in [6.45, 7) is 6.50. The number of halogens is 1. The molecule has 0 saturated heterocycles. The molecule has 0 saturated carbocycles. The Kier molecular flexibility index (Phi) is 6.49. The summed E-state index contributed by atoms with van der Waals surface area (Å²) in [7, 11) is 2.15. The van der Waals surface area contributed by atoms with Gasteiger partial charge in [-0.15, -0.1) is 0 Å². The van der Waals surface area contributed by atoms with Crippen molar-refractivity contribution in [3.63, 3.8) is 0 Å². The fourth-order valence-electron chi connectivity index (χ4n) is 3.14. The maximum absolute atomic E-state index is 4.27. The Morgan fingerprint density at radius 2 is 1.41 bits per heavy atom. The van der Waals surface area contributed by atoms with E-state index in [1.54, 1.807) is 0 Å². The minimum atomic E-state index is 0.0116. The summed E-state index contributed by atoms with van der Waals surface area (Å²) in [6, 6.07) is 29.5. The fourth-order valence-corrected chi connectivity index (χ4v) is 3.41. The first-order valence-corrected chi connectivity index (χ1v) is 9.89. The van der Waals surface area contributed by atoms with Gasteiger partial charge in [-0.05, 0) is 42.8 Å². The molecule has 0 spiro atoms. The van der Waals surface area contributed by atoms with Crippen LogP contribution in [0.1, 0.15) is 35.8 Å². The van der Waals surface area contributed by atoms with Gasteiger partial charge in [0.15, 0.2) is 0 Å². The largest absolute Gasteiger partial charge is 0.366 e. The molecule has 0 radical (unpaired) electrons. The highest BCUT2D eigenvalue weighted by molar-refractivity contribution is 9.10. The predicted octanol–water partition coefficient (Wildman–Crippen LogP) is 6.40. The Morgan fingerprint density at radius 1 is 0.852 bits per heavy atom. The van der Waals surface area contributed by atoms with Crippen molar-refractivity contribution in [1.29, 1.82) is 0 Å². The molecule has 2 atom stereocenters. The molecule has 2 unspecified atom stereocenters. The number of hydrogen-bond donors (Lipinski definition) is 1. The first-order chi connectivity index (χ1) is 13.1. The third kappa shape index (κ3) is 4.88. The zero-order chi connectivity index (χ0) is 19.2. The first kappa shape index (κ1) is 19.4. The highest BCUT2D eigenvalue weighted by atomic mass is 79.9. The smallest absolute Gasteiger partial charge is 0.106 e. The van der Waals surface area contributed by atoms with Crippen LogP contribution in [0.25, 0.3) is 5.70 Å². The number of benzene rings is 3. The van der Waals surface area contributed by atoms with E-state index < -0.39 is 0 Å². The molecule has 0 amide bonds. The average Bonchev–Trinajstić information content (AvgIpc) is 2.72. The van der Waals surface area contributed by atoms with E-state index in [0.29, 0.717) is 0 Å². The Bertz CT molecular complexity index is 860. The summed E-state index contributed by atoms with van der Waals surface area (Å²) in [5.74, 6) is 0. The van der Waals surface area contributed by atoms with E-state index in [-0.39, 0.29) is 12.2 Å². The molecule has 2 nitrogen and oxygen atoms in total. The average molecular weight is 421 g/mol. The van der Waals surface area contributed by atoms with E-state index in [0.717, 1.165) is 15.7 Å². The van der Waals surface area contributed by atoms with Crippen LogP contribution in [0.3, 0.4) is 0 Å². The van der Waals surface area contributed by atoms with Crippen LogP contribution in [0.2, 0.25) is 0 Å². The zero-order valence-electron chi connectivity index (χ0n) is 15.8. The zero-order valence-corrected chi connectivity index (χ0v) is 17.4. The van der Waals surface area contributed by atoms with Gasteiger partial charge in [-0.25, -0.2) is 0 Å². The lowest BCUT2D eigenvalue weighted by Crippen LogP contribution is -2.36. The van der Waals surface area contributed by atoms with Gasteiger partial charge in [-0.1, -0.05) is 95.3 Å². The summed E-state index contributed by atoms with van der Waals surface area (Å²) in [4.78, 5) is 2.34. The Balaban J connectivity index is 1.87. The second-order valence-corrected chi connectivity index (χ2v) is 7.61. The summed E-state index contributed by atoms with van der Waals surface area (Å²) < 4.78 is 1.09. The van der Waals surface area contributed by atoms with Gasteiger partial charge in [0.25, 0.3) is 0 Å². The molecule has 0 fully saturated rings. The third-order valence-corrected chi connectivity index (χ3v) is 5.45. The van der Waals surface area contributed by atoms with E-state index >= 15 is 0 Å². The lowest BCUT2D eigenvalue weighted by Gasteiger charge is -2.35. The van der Waals surface area contributed by atoms with Gasteiger partial charge >= 0.3 is 0 Å². The predicted molar refractivity (Wildman–Crippen MR) is 118 cm³/mol. The molecule has 3 heteroatoms. The molecule has 0 heterocycles. The van der Waals surface area contributed by atoms with Crippen LogP contribution in [0, 0.1) is 0 Å². The molecule has 3 rings (SSSR count). The quantitative estimate of drug-likeness (QED) is 0.444. The van der Waals surface area contributed by atoms with Gasteiger partial charge in [0.05, 0.1) is 0 Å². The summed E-state index contributed by atoms with van der Waals surface area (Å²) in [6.07, 6.45) is 0.0116. The van der Waals surface area contributed by atoms with Crippen LogP contribution in [-0.4, -0.2) is 11.9 Å². The van der Waals surface area contributed by atoms with Gasteiger partial charge in [-0.2, -0.15) is 0 Å². The van der Waals surface area contributed by atoms with Gasteiger partial charge < -0.3 is 5.32 Å². The molecular weight excluding hydrogens is 396 g/mol. The minimum Gasteiger partial charge on any atom is -0.366 e. The SMILES string of the molecule is C=C(NC(c1ccccc1)N(C)C(C)c1ccc(Br)cc1)c1ccccc1. The Labute approximate surface area is 170 Å². The van der Waals surface area contributed by atoms with Crippen LogP contribution in [0.5, 0.6) is 0 Å². The van der Waals surface area contributed by atoms with E-state index in [9.17, 15) is 0 Å². The van der Waals surface area contributed by atoms with Crippen LogP contribution < -0.4 is 5.32 Å². The van der Waals surface area contributed by atoms with Crippen LogP contribution >= 0.6 is 15.9 Å². The Hall–Kier alpha value is -2.36. The van der Waals surface area contributed by atoms with E-state index in [4.69, 9.17) is 0 Å². The van der Waals surface area contributed by atoms with Gasteiger partial charge in [0.2, 0.25) is 0 Å². The monoisotopic (exact) mass is 420 g/mol. The molecule has 0 aromatic heterocycles. The van der Waals surface area contributed by atoms with Crippen molar-refractivity contribution >= 4 is 21.6 Å². The van der Waals surface area contributed by atoms with Crippen molar-refractivity contribution in [3.8, 4) is 0 Å². The molecule has 138 valence electrons. The minimum absolute atomic E-state index is 0.0116. The molecule has 0 bridgehead atoms. The van der Waals surface area contributed by atoms with E-state index in [1.807, 2.05) is 24.3 Å². The van der Waals surface area contributed by atoms with Gasteiger partial charge in [0.1, 0.15) is 6.17 Å². The fraction of sp³-hybridized carbons (Fsp3) is 0.167.